The van der Waals surface area contributed by atoms with Crippen LogP contribution in [0.15, 0.2) is 0 Å². The van der Waals surface area contributed by atoms with E-state index < -0.39 is 19.3 Å². The molecule has 7 nitrogen and oxygen atoms in total. The molecule has 1 unspecified atom stereocenters. The van der Waals surface area contributed by atoms with Gasteiger partial charge in [-0.2, -0.15) is 0 Å². The van der Waals surface area contributed by atoms with Crippen LogP contribution in [-0.2, 0) is 19.3 Å². The Morgan fingerprint density at radius 2 is 0.636 bits per heavy atom. The Bertz CT molecular complexity index is 470. The fourth-order valence-electron chi connectivity index (χ4n) is 5.14. The van der Waals surface area contributed by atoms with Crippen LogP contribution in [0.4, 0.5) is 0 Å². The summed E-state index contributed by atoms with van der Waals surface area (Å²) in [6.45, 7) is 29.6. The smallest absolute Gasteiger partial charge is 0.165 e. The molecule has 0 radical (unpaired) electrons. The second-order valence-corrected chi connectivity index (χ2v) is 12.4. The van der Waals surface area contributed by atoms with Crippen LogP contribution in [0, 0.1) is 0 Å². The first-order chi connectivity index (χ1) is 15.4. The third kappa shape index (κ3) is 19.9. The van der Waals surface area contributed by atoms with E-state index >= 15 is 0 Å². The van der Waals surface area contributed by atoms with E-state index in [1.54, 1.807) is 0 Å². The van der Waals surface area contributed by atoms with E-state index in [0.29, 0.717) is 0 Å². The monoisotopic (exact) mass is 516 g/mol. The summed E-state index contributed by atoms with van der Waals surface area (Å²) in [6.07, 6.45) is 10.7. The summed E-state index contributed by atoms with van der Waals surface area (Å²) < 4.78 is 48.5. The molecule has 0 saturated carbocycles. The molecule has 0 aliphatic carbocycles. The summed E-state index contributed by atoms with van der Waals surface area (Å²) in [7, 11) is -8.59. The predicted octanol–water partition coefficient (Wildman–Crippen LogP) is 5.21. The lowest BCUT2D eigenvalue weighted by Gasteiger charge is -2.38. The van der Waals surface area contributed by atoms with Gasteiger partial charge in [-0.3, -0.25) is 4.21 Å². The van der Waals surface area contributed by atoms with Crippen LogP contribution in [0.3, 0.4) is 0 Å². The average Bonchev–Trinajstić information content (AvgIpc) is 2.70. The zero-order chi connectivity index (χ0) is 26.4. The summed E-state index contributed by atoms with van der Waals surface area (Å²) >= 11 is 0. The zero-order valence-corrected chi connectivity index (χ0v) is 24.7. The number of hydrogen-bond acceptors (Lipinski definition) is 5. The molecule has 0 heterocycles. The summed E-state index contributed by atoms with van der Waals surface area (Å²) in [4.78, 5) is 0. The number of nitrogens with zero attached hydrogens (tertiary/aromatic N) is 2. The standard InChI is InChI=1S/2C12H28N.H2O5S2/c2*1-5-9-13(10-6-2,11-7-3)12-8-4;1-6(2)7(3,4)5/h2*5-12H2,1-4H3;(H,1,2)(H,3,4,5)/q2*+1;/p-2. The summed E-state index contributed by atoms with van der Waals surface area (Å²) in [6, 6.07) is 0. The van der Waals surface area contributed by atoms with E-state index in [1.807, 2.05) is 0 Å². The van der Waals surface area contributed by atoms with Gasteiger partial charge in [0.05, 0.1) is 62.5 Å². The molecule has 0 fully saturated rings. The van der Waals surface area contributed by atoms with Crippen molar-refractivity contribution in [2.75, 3.05) is 52.4 Å². The minimum Gasteiger partial charge on any atom is -0.761 e. The molecule has 0 aromatic heterocycles. The molecule has 1 atom stereocenters. The van der Waals surface area contributed by atoms with Crippen LogP contribution >= 0.6 is 0 Å². The lowest BCUT2D eigenvalue weighted by atomic mass is 10.2. The second-order valence-electron chi connectivity index (χ2n) is 9.08. The normalized spacial score (nSPS) is 12.9. The first kappa shape index (κ1) is 37.5. The molecule has 33 heavy (non-hydrogen) atoms. The predicted molar refractivity (Wildman–Crippen MR) is 140 cm³/mol. The lowest BCUT2D eigenvalue weighted by molar-refractivity contribution is -0.928. The highest BCUT2D eigenvalue weighted by molar-refractivity contribution is 8.59. The second kappa shape index (κ2) is 22.4. The van der Waals surface area contributed by atoms with Gasteiger partial charge in [-0.25, -0.2) is 8.42 Å². The third-order valence-corrected chi connectivity index (χ3v) is 7.08. The Morgan fingerprint density at radius 3 is 0.697 bits per heavy atom. The summed E-state index contributed by atoms with van der Waals surface area (Å²) in [5, 5.41) is 0. The van der Waals surface area contributed by atoms with Crippen molar-refractivity contribution in [3.05, 3.63) is 0 Å². The van der Waals surface area contributed by atoms with Crippen molar-refractivity contribution >= 4 is 19.3 Å². The number of quaternary nitrogens is 2. The van der Waals surface area contributed by atoms with Crippen LogP contribution in [-0.4, -0.2) is 83.1 Å². The molecule has 0 aromatic carbocycles. The van der Waals surface area contributed by atoms with Crippen LogP contribution in [0.25, 0.3) is 0 Å². The number of hydrogen-bond donors (Lipinski definition) is 0. The molecule has 0 spiro atoms. The van der Waals surface area contributed by atoms with E-state index in [4.69, 9.17) is 21.7 Å². The highest BCUT2D eigenvalue weighted by Gasteiger charge is 2.23. The fraction of sp³-hybridized carbons (Fsp3) is 1.00. The minimum atomic E-state index is -5.07. The Labute approximate surface area is 208 Å². The van der Waals surface area contributed by atoms with Crippen molar-refractivity contribution in [3.63, 3.8) is 0 Å². The van der Waals surface area contributed by atoms with E-state index in [0.717, 1.165) is 0 Å². The first-order valence-corrected chi connectivity index (χ1v) is 16.2. The van der Waals surface area contributed by atoms with Gasteiger partial charge in [0, 0.05) is 0 Å². The molecule has 0 aliphatic heterocycles. The van der Waals surface area contributed by atoms with Gasteiger partial charge in [0.2, 0.25) is 0 Å². The van der Waals surface area contributed by atoms with Crippen molar-refractivity contribution in [3.8, 4) is 0 Å². The van der Waals surface area contributed by atoms with Gasteiger partial charge in [-0.05, 0) is 51.4 Å². The van der Waals surface area contributed by atoms with Crippen LogP contribution < -0.4 is 0 Å². The first-order valence-electron chi connectivity index (χ1n) is 13.2. The van der Waals surface area contributed by atoms with E-state index in [-0.39, 0.29) is 0 Å². The van der Waals surface area contributed by atoms with Crippen molar-refractivity contribution in [1.29, 1.82) is 0 Å². The maximum absolute atomic E-state index is 9.16. The molecule has 0 bridgehead atoms. The van der Waals surface area contributed by atoms with Crippen LogP contribution in [0.2, 0.25) is 0 Å². The molecule has 0 aliphatic rings. The van der Waals surface area contributed by atoms with E-state index in [9.17, 15) is 0 Å². The van der Waals surface area contributed by atoms with E-state index in [1.165, 1.54) is 113 Å². The minimum absolute atomic E-state index is 1.33. The summed E-state index contributed by atoms with van der Waals surface area (Å²) in [5.41, 5.74) is 0. The van der Waals surface area contributed by atoms with Crippen molar-refractivity contribution in [2.24, 2.45) is 0 Å². The van der Waals surface area contributed by atoms with Gasteiger partial charge in [0.25, 0.3) is 0 Å². The fourth-order valence-corrected chi connectivity index (χ4v) is 5.14. The van der Waals surface area contributed by atoms with Gasteiger partial charge in [-0.1, -0.05) is 55.4 Å². The Kier molecular flexibility index (Phi) is 25.5. The molecule has 0 amide bonds. The largest absolute Gasteiger partial charge is 0.761 e. The van der Waals surface area contributed by atoms with Gasteiger partial charge in [0.1, 0.15) is 0 Å². The van der Waals surface area contributed by atoms with Crippen LogP contribution in [0.1, 0.15) is 107 Å². The molecule has 0 N–H and O–H groups in total. The van der Waals surface area contributed by atoms with Gasteiger partial charge in [0.15, 0.2) is 9.15 Å². The highest BCUT2D eigenvalue weighted by atomic mass is 33.2. The van der Waals surface area contributed by atoms with Crippen LogP contribution in [0.5, 0.6) is 0 Å². The van der Waals surface area contributed by atoms with Gasteiger partial charge < -0.3 is 18.1 Å². The SMILES string of the molecule is CCC[N+](CCC)(CCC)CCC.CCC[N+](CCC)(CCC)CCC.O=S([O-])S(=O)(=O)[O-]. The summed E-state index contributed by atoms with van der Waals surface area (Å²) in [5.74, 6) is 0. The van der Waals surface area contributed by atoms with E-state index in [2.05, 4.69) is 55.4 Å². The molecular formula is C24H56N2O5S2. The van der Waals surface area contributed by atoms with Gasteiger partial charge in [-0.15, -0.1) is 0 Å². The average molecular weight is 517 g/mol. The Morgan fingerprint density at radius 1 is 0.515 bits per heavy atom. The molecular weight excluding hydrogens is 460 g/mol. The number of rotatable bonds is 17. The molecule has 9 heteroatoms. The highest BCUT2D eigenvalue weighted by Crippen LogP contribution is 2.13. The Balaban J connectivity index is -0.000000429. The molecule has 0 rings (SSSR count). The molecule has 0 aromatic rings. The quantitative estimate of drug-likeness (QED) is 0.114. The maximum Gasteiger partial charge on any atom is 0.165 e. The zero-order valence-electron chi connectivity index (χ0n) is 23.1. The topological polar surface area (TPSA) is 97.3 Å². The Hall–Kier alpha value is -0.0600. The molecule has 0 saturated heterocycles. The lowest BCUT2D eigenvalue weighted by Crippen LogP contribution is -2.50. The maximum atomic E-state index is 9.16. The molecule has 204 valence electrons. The van der Waals surface area contributed by atoms with Crippen molar-refractivity contribution in [2.45, 2.75) is 107 Å². The third-order valence-electron chi connectivity index (χ3n) is 5.75. The van der Waals surface area contributed by atoms with Crippen molar-refractivity contribution < 1.29 is 30.7 Å². The van der Waals surface area contributed by atoms with Gasteiger partial charge >= 0.3 is 0 Å². The van der Waals surface area contributed by atoms with Crippen molar-refractivity contribution in [1.82, 2.24) is 0 Å².